The van der Waals surface area contributed by atoms with E-state index in [0.717, 1.165) is 22.4 Å². The molecule has 1 N–H and O–H groups in total. The molecule has 1 heterocycles. The highest BCUT2D eigenvalue weighted by molar-refractivity contribution is 7.11. The fraction of sp³-hybridized carbons (Fsp3) is 0.308. The van der Waals surface area contributed by atoms with E-state index in [4.69, 9.17) is 0 Å². The van der Waals surface area contributed by atoms with Crippen LogP contribution in [0.2, 0.25) is 0 Å². The van der Waals surface area contributed by atoms with Crippen LogP contribution in [0.1, 0.15) is 22.4 Å². The van der Waals surface area contributed by atoms with Gasteiger partial charge in [0.1, 0.15) is 5.01 Å². The molecular formula is C13H13F3N2S. The molecule has 0 aliphatic heterocycles. The average molecular weight is 286 g/mol. The average Bonchev–Trinajstić information content (AvgIpc) is 2.83. The minimum atomic E-state index is -4.35. The lowest BCUT2D eigenvalue weighted by molar-refractivity contribution is -0.136. The minimum absolute atomic E-state index is 0.0863. The van der Waals surface area contributed by atoms with Crippen LogP contribution in [0, 0.1) is 0 Å². The summed E-state index contributed by atoms with van der Waals surface area (Å²) in [6, 6.07) is 5.46. The Morgan fingerprint density at radius 2 is 2.00 bits per heavy atom. The normalized spacial score (nSPS) is 11.6. The molecule has 0 spiro atoms. The maximum Gasteiger partial charge on any atom is 0.418 e. The van der Waals surface area contributed by atoms with Crippen LogP contribution in [-0.4, -0.2) is 4.98 Å². The van der Waals surface area contributed by atoms with Crippen LogP contribution >= 0.6 is 11.3 Å². The first-order valence-electron chi connectivity index (χ1n) is 5.84. The van der Waals surface area contributed by atoms with Gasteiger partial charge in [0.25, 0.3) is 0 Å². The van der Waals surface area contributed by atoms with Crippen molar-refractivity contribution in [1.29, 1.82) is 0 Å². The van der Waals surface area contributed by atoms with Crippen LogP contribution in [0.4, 0.5) is 18.9 Å². The summed E-state index contributed by atoms with van der Waals surface area (Å²) in [6.45, 7) is 2.32. The lowest BCUT2D eigenvalue weighted by atomic mass is 10.1. The molecule has 0 bridgehead atoms. The number of aryl methyl sites for hydroxylation is 1. The van der Waals surface area contributed by atoms with Gasteiger partial charge in [0.05, 0.1) is 12.1 Å². The van der Waals surface area contributed by atoms with Crippen LogP contribution < -0.4 is 5.32 Å². The van der Waals surface area contributed by atoms with Crippen molar-refractivity contribution in [2.24, 2.45) is 0 Å². The molecular weight excluding hydrogens is 273 g/mol. The van der Waals surface area contributed by atoms with Gasteiger partial charge in [-0.1, -0.05) is 19.1 Å². The van der Waals surface area contributed by atoms with Crippen molar-refractivity contribution in [3.63, 3.8) is 0 Å². The number of nitrogens with zero attached hydrogens (tertiary/aromatic N) is 1. The molecule has 0 atom stereocenters. The van der Waals surface area contributed by atoms with Crippen molar-refractivity contribution >= 4 is 17.0 Å². The zero-order valence-corrected chi connectivity index (χ0v) is 11.1. The molecule has 2 rings (SSSR count). The maximum absolute atomic E-state index is 12.8. The molecule has 0 saturated heterocycles. The van der Waals surface area contributed by atoms with Crippen molar-refractivity contribution in [3.8, 4) is 0 Å². The van der Waals surface area contributed by atoms with Crippen LogP contribution in [0.3, 0.4) is 0 Å². The second kappa shape index (κ2) is 5.61. The van der Waals surface area contributed by atoms with Crippen molar-refractivity contribution in [1.82, 2.24) is 4.98 Å². The van der Waals surface area contributed by atoms with Crippen LogP contribution in [0.5, 0.6) is 0 Å². The predicted octanol–water partition coefficient (Wildman–Crippen LogP) is 4.34. The predicted molar refractivity (Wildman–Crippen MR) is 70.3 cm³/mol. The van der Waals surface area contributed by atoms with E-state index in [1.54, 1.807) is 12.3 Å². The summed E-state index contributed by atoms with van der Waals surface area (Å²) in [6.07, 6.45) is -1.70. The summed E-state index contributed by atoms with van der Waals surface area (Å²) in [4.78, 5) is 5.29. The molecule has 0 aliphatic carbocycles. The van der Waals surface area contributed by atoms with E-state index >= 15 is 0 Å². The summed E-state index contributed by atoms with van der Waals surface area (Å²) in [7, 11) is 0. The highest BCUT2D eigenvalue weighted by Crippen LogP contribution is 2.34. The molecule has 0 fully saturated rings. The third-order valence-corrected chi connectivity index (χ3v) is 3.75. The first-order valence-corrected chi connectivity index (χ1v) is 6.66. The molecule has 0 radical (unpaired) electrons. The standard InChI is InChI=1S/C13H13F3N2S/c1-2-9-7-18-12(19-9)8-17-11-6-4-3-5-10(11)13(14,15)16/h3-7,17H,2,8H2,1H3. The van der Waals surface area contributed by atoms with Gasteiger partial charge in [-0.3, -0.25) is 0 Å². The van der Waals surface area contributed by atoms with Gasteiger partial charge in [-0.05, 0) is 18.6 Å². The van der Waals surface area contributed by atoms with Crippen molar-refractivity contribution in [3.05, 3.63) is 45.9 Å². The van der Waals surface area contributed by atoms with E-state index in [0.29, 0.717) is 6.54 Å². The number of nitrogens with one attached hydrogen (secondary N) is 1. The highest BCUT2D eigenvalue weighted by atomic mass is 32.1. The molecule has 2 nitrogen and oxygen atoms in total. The number of benzene rings is 1. The number of halogens is 3. The summed E-state index contributed by atoms with van der Waals surface area (Å²) in [5.41, 5.74) is -0.564. The van der Waals surface area contributed by atoms with Crippen LogP contribution in [0.15, 0.2) is 30.5 Å². The quantitative estimate of drug-likeness (QED) is 0.904. The van der Waals surface area contributed by atoms with Gasteiger partial charge in [0.2, 0.25) is 0 Å². The third kappa shape index (κ3) is 3.47. The largest absolute Gasteiger partial charge is 0.418 e. The minimum Gasteiger partial charge on any atom is -0.378 e. The van der Waals surface area contributed by atoms with Gasteiger partial charge < -0.3 is 5.32 Å². The fourth-order valence-corrected chi connectivity index (χ4v) is 2.45. The number of hydrogen-bond donors (Lipinski definition) is 1. The van der Waals surface area contributed by atoms with E-state index in [2.05, 4.69) is 10.3 Å². The first kappa shape index (κ1) is 13.9. The molecule has 1 aromatic carbocycles. The molecule has 0 aliphatic rings. The number of para-hydroxylation sites is 1. The molecule has 0 amide bonds. The Bertz CT molecular complexity index is 549. The molecule has 1 aromatic heterocycles. The number of hydrogen-bond acceptors (Lipinski definition) is 3. The molecule has 0 saturated carbocycles. The second-order valence-electron chi connectivity index (χ2n) is 3.97. The topological polar surface area (TPSA) is 24.9 Å². The number of thiazole rings is 1. The van der Waals surface area contributed by atoms with E-state index in [9.17, 15) is 13.2 Å². The number of rotatable bonds is 4. The number of anilines is 1. The zero-order chi connectivity index (χ0) is 13.9. The lowest BCUT2D eigenvalue weighted by Gasteiger charge is -2.13. The highest BCUT2D eigenvalue weighted by Gasteiger charge is 2.33. The zero-order valence-electron chi connectivity index (χ0n) is 10.3. The Labute approximate surface area is 113 Å². The Morgan fingerprint density at radius 3 is 2.63 bits per heavy atom. The Kier molecular flexibility index (Phi) is 4.09. The molecule has 6 heteroatoms. The Balaban J connectivity index is 2.11. The van der Waals surface area contributed by atoms with Crippen molar-refractivity contribution in [2.45, 2.75) is 26.1 Å². The summed E-state index contributed by atoms with van der Waals surface area (Å²) in [5.74, 6) is 0. The lowest BCUT2D eigenvalue weighted by Crippen LogP contribution is -2.10. The van der Waals surface area contributed by atoms with Gasteiger partial charge in [-0.25, -0.2) is 4.98 Å². The molecule has 0 unspecified atom stereocenters. The van der Waals surface area contributed by atoms with Gasteiger partial charge >= 0.3 is 6.18 Å². The van der Waals surface area contributed by atoms with Gasteiger partial charge in [0.15, 0.2) is 0 Å². The van der Waals surface area contributed by atoms with E-state index in [-0.39, 0.29) is 5.69 Å². The van der Waals surface area contributed by atoms with E-state index in [1.807, 2.05) is 6.92 Å². The molecule has 102 valence electrons. The maximum atomic E-state index is 12.8. The number of alkyl halides is 3. The smallest absolute Gasteiger partial charge is 0.378 e. The van der Waals surface area contributed by atoms with Crippen molar-refractivity contribution < 1.29 is 13.2 Å². The fourth-order valence-electron chi connectivity index (χ4n) is 1.65. The summed E-state index contributed by atoms with van der Waals surface area (Å²) >= 11 is 1.51. The Hall–Kier alpha value is -1.56. The van der Waals surface area contributed by atoms with E-state index < -0.39 is 11.7 Å². The van der Waals surface area contributed by atoms with Crippen molar-refractivity contribution in [2.75, 3.05) is 5.32 Å². The van der Waals surface area contributed by atoms with Gasteiger partial charge in [-0.15, -0.1) is 11.3 Å². The van der Waals surface area contributed by atoms with Gasteiger partial charge in [-0.2, -0.15) is 13.2 Å². The van der Waals surface area contributed by atoms with Crippen LogP contribution in [-0.2, 0) is 19.1 Å². The second-order valence-corrected chi connectivity index (χ2v) is 5.17. The molecule has 2 aromatic rings. The first-order chi connectivity index (χ1) is 9.00. The Morgan fingerprint density at radius 1 is 1.26 bits per heavy atom. The van der Waals surface area contributed by atoms with Crippen LogP contribution in [0.25, 0.3) is 0 Å². The third-order valence-electron chi connectivity index (χ3n) is 2.61. The SMILES string of the molecule is CCc1cnc(CNc2ccccc2C(F)(F)F)s1. The molecule has 19 heavy (non-hydrogen) atoms. The van der Waals surface area contributed by atoms with Gasteiger partial charge in [0, 0.05) is 16.8 Å². The van der Waals surface area contributed by atoms with E-state index in [1.165, 1.54) is 23.5 Å². The summed E-state index contributed by atoms with van der Waals surface area (Å²) in [5, 5.41) is 3.59. The summed E-state index contributed by atoms with van der Waals surface area (Å²) < 4.78 is 38.3. The monoisotopic (exact) mass is 286 g/mol. The number of aromatic nitrogens is 1.